The molecule has 1 aromatic heterocycles. The van der Waals surface area contributed by atoms with E-state index in [0.717, 1.165) is 11.3 Å². The molecular formula is C12H9BrClFN2OS. The molecule has 1 aliphatic heterocycles. The highest BCUT2D eigenvalue weighted by atomic mass is 79.9. The van der Waals surface area contributed by atoms with E-state index in [1.54, 1.807) is 0 Å². The number of thioether (sulfide) groups is 1. The molecule has 0 amide bonds. The number of rotatable bonds is 2. The van der Waals surface area contributed by atoms with Crippen molar-refractivity contribution in [2.75, 3.05) is 12.4 Å². The Labute approximate surface area is 127 Å². The molecule has 1 aliphatic rings. The third-order valence-corrected chi connectivity index (χ3v) is 4.60. The zero-order valence-electron chi connectivity index (χ0n) is 9.97. The molecule has 0 radical (unpaired) electrons. The van der Waals surface area contributed by atoms with Crippen LogP contribution in [0.1, 0.15) is 12.5 Å². The summed E-state index contributed by atoms with van der Waals surface area (Å²) in [5.74, 6) is 0.878. The molecule has 1 aromatic carbocycles. The highest BCUT2D eigenvalue weighted by Crippen LogP contribution is 2.43. The van der Waals surface area contributed by atoms with E-state index in [1.807, 2.05) is 6.92 Å². The molecule has 100 valence electrons. The number of nitrogens with zero attached hydrogens (tertiary/aromatic N) is 2. The van der Waals surface area contributed by atoms with E-state index in [1.165, 1.54) is 11.8 Å². The molecule has 3 rings (SSSR count). The van der Waals surface area contributed by atoms with Crippen molar-refractivity contribution in [1.82, 2.24) is 9.97 Å². The summed E-state index contributed by atoms with van der Waals surface area (Å²) in [5.41, 5.74) is 1.13. The Morgan fingerprint density at radius 1 is 1.47 bits per heavy atom. The Bertz CT molecular complexity index is 683. The van der Waals surface area contributed by atoms with Crippen molar-refractivity contribution < 1.29 is 9.13 Å². The second-order valence-corrected chi connectivity index (χ2v) is 6.37. The monoisotopic (exact) mass is 362 g/mol. The highest BCUT2D eigenvalue weighted by Gasteiger charge is 2.26. The molecule has 7 heteroatoms. The summed E-state index contributed by atoms with van der Waals surface area (Å²) in [7, 11) is 0. The van der Waals surface area contributed by atoms with E-state index in [-0.39, 0.29) is 10.7 Å². The van der Waals surface area contributed by atoms with Gasteiger partial charge in [-0.3, -0.25) is 0 Å². The zero-order chi connectivity index (χ0) is 13.6. The second kappa shape index (κ2) is 5.07. The standard InChI is InChI=1S/C12H9BrClFN2OS/c1-2-19-12-16-9-6(11(14)17-12)5-3-4-18-10(5)7(13)8(9)15/h2-4H2,1H3. The molecule has 0 spiro atoms. The van der Waals surface area contributed by atoms with Gasteiger partial charge in [-0.25, -0.2) is 14.4 Å². The van der Waals surface area contributed by atoms with Crippen molar-refractivity contribution in [1.29, 1.82) is 0 Å². The lowest BCUT2D eigenvalue weighted by Gasteiger charge is -2.10. The van der Waals surface area contributed by atoms with Crippen LogP contribution in [0.4, 0.5) is 4.39 Å². The van der Waals surface area contributed by atoms with E-state index in [4.69, 9.17) is 16.3 Å². The van der Waals surface area contributed by atoms with Gasteiger partial charge in [-0.15, -0.1) is 0 Å². The Morgan fingerprint density at radius 3 is 3.00 bits per heavy atom. The Hall–Kier alpha value is -0.590. The van der Waals surface area contributed by atoms with E-state index in [2.05, 4.69) is 25.9 Å². The Balaban J connectivity index is 2.38. The molecule has 0 fully saturated rings. The minimum atomic E-state index is -0.446. The van der Waals surface area contributed by atoms with Gasteiger partial charge in [0.1, 0.15) is 16.4 Å². The van der Waals surface area contributed by atoms with E-state index in [9.17, 15) is 4.39 Å². The first-order chi connectivity index (χ1) is 9.13. The van der Waals surface area contributed by atoms with Crippen molar-refractivity contribution >= 4 is 50.2 Å². The fourth-order valence-corrected chi connectivity index (χ4v) is 3.57. The number of halogens is 3. The summed E-state index contributed by atoms with van der Waals surface area (Å²) in [6, 6.07) is 0. The summed E-state index contributed by atoms with van der Waals surface area (Å²) >= 11 is 10.9. The SMILES string of the molecule is CCSc1nc(Cl)c2c3c(c(Br)c(F)c2n1)OCC3. The van der Waals surface area contributed by atoms with Crippen LogP contribution in [-0.4, -0.2) is 22.3 Å². The van der Waals surface area contributed by atoms with Gasteiger partial charge in [-0.05, 0) is 21.7 Å². The number of benzene rings is 1. The summed E-state index contributed by atoms with van der Waals surface area (Å²) in [6.45, 7) is 2.50. The molecule has 2 aromatic rings. The van der Waals surface area contributed by atoms with Crippen molar-refractivity contribution in [3.05, 3.63) is 21.0 Å². The third kappa shape index (κ3) is 2.10. The first-order valence-electron chi connectivity index (χ1n) is 5.76. The lowest BCUT2D eigenvalue weighted by atomic mass is 10.1. The van der Waals surface area contributed by atoms with Gasteiger partial charge in [-0.1, -0.05) is 30.3 Å². The minimum absolute atomic E-state index is 0.257. The molecular weight excluding hydrogens is 355 g/mol. The van der Waals surface area contributed by atoms with Crippen LogP contribution < -0.4 is 4.74 Å². The van der Waals surface area contributed by atoms with Crippen LogP contribution in [0.15, 0.2) is 9.63 Å². The van der Waals surface area contributed by atoms with Gasteiger partial charge in [0.2, 0.25) is 0 Å². The second-order valence-electron chi connectivity index (χ2n) is 3.99. The van der Waals surface area contributed by atoms with Gasteiger partial charge in [-0.2, -0.15) is 0 Å². The normalized spacial score (nSPS) is 13.7. The quantitative estimate of drug-likeness (QED) is 0.454. The fourth-order valence-electron chi connectivity index (χ4n) is 2.13. The molecule has 0 atom stereocenters. The smallest absolute Gasteiger partial charge is 0.189 e. The van der Waals surface area contributed by atoms with Gasteiger partial charge in [0.25, 0.3) is 0 Å². The highest BCUT2D eigenvalue weighted by molar-refractivity contribution is 9.10. The molecule has 0 saturated heterocycles. The summed E-state index contributed by atoms with van der Waals surface area (Å²) in [6.07, 6.45) is 0.689. The van der Waals surface area contributed by atoms with E-state index in [0.29, 0.717) is 33.8 Å². The zero-order valence-corrected chi connectivity index (χ0v) is 13.1. The van der Waals surface area contributed by atoms with Gasteiger partial charge in [0.15, 0.2) is 11.0 Å². The molecule has 0 unspecified atom stereocenters. The summed E-state index contributed by atoms with van der Waals surface area (Å²) in [5, 5.41) is 1.34. The molecule has 19 heavy (non-hydrogen) atoms. The van der Waals surface area contributed by atoms with Crippen LogP contribution in [0, 0.1) is 5.82 Å². The van der Waals surface area contributed by atoms with Crippen molar-refractivity contribution in [2.24, 2.45) is 0 Å². The predicted octanol–water partition coefficient (Wildman–Crippen LogP) is 4.23. The number of aromatic nitrogens is 2. The minimum Gasteiger partial charge on any atom is -0.492 e. The molecule has 3 nitrogen and oxygen atoms in total. The predicted molar refractivity (Wildman–Crippen MR) is 77.8 cm³/mol. The molecule has 2 heterocycles. The number of hydrogen-bond donors (Lipinski definition) is 0. The van der Waals surface area contributed by atoms with Gasteiger partial charge >= 0.3 is 0 Å². The van der Waals surface area contributed by atoms with E-state index < -0.39 is 5.82 Å². The maximum Gasteiger partial charge on any atom is 0.189 e. The maximum atomic E-state index is 14.4. The van der Waals surface area contributed by atoms with Gasteiger partial charge in [0, 0.05) is 17.4 Å². The average Bonchev–Trinajstić information content (AvgIpc) is 2.85. The van der Waals surface area contributed by atoms with Gasteiger partial charge in [0.05, 0.1) is 11.1 Å². The lowest BCUT2D eigenvalue weighted by molar-refractivity contribution is 0.353. The fraction of sp³-hybridized carbons (Fsp3) is 0.333. The van der Waals surface area contributed by atoms with Crippen LogP contribution in [0.2, 0.25) is 5.15 Å². The molecule has 0 bridgehead atoms. The average molecular weight is 364 g/mol. The molecule has 0 N–H and O–H groups in total. The van der Waals surface area contributed by atoms with Gasteiger partial charge < -0.3 is 4.74 Å². The lowest BCUT2D eigenvalue weighted by Crippen LogP contribution is -1.97. The number of fused-ring (bicyclic) bond motifs is 3. The van der Waals surface area contributed by atoms with Crippen molar-refractivity contribution in [3.8, 4) is 5.75 Å². The van der Waals surface area contributed by atoms with Crippen LogP contribution in [0.5, 0.6) is 5.75 Å². The summed E-state index contributed by atoms with van der Waals surface area (Å²) in [4.78, 5) is 8.49. The largest absolute Gasteiger partial charge is 0.492 e. The van der Waals surface area contributed by atoms with E-state index >= 15 is 0 Å². The van der Waals surface area contributed by atoms with Crippen LogP contribution in [0.3, 0.4) is 0 Å². The summed E-state index contributed by atoms with van der Waals surface area (Å²) < 4.78 is 20.1. The van der Waals surface area contributed by atoms with Crippen LogP contribution in [-0.2, 0) is 6.42 Å². The topological polar surface area (TPSA) is 35.0 Å². The number of hydrogen-bond acceptors (Lipinski definition) is 4. The first-order valence-corrected chi connectivity index (χ1v) is 7.91. The van der Waals surface area contributed by atoms with Crippen molar-refractivity contribution in [3.63, 3.8) is 0 Å². The first kappa shape index (κ1) is 13.4. The third-order valence-electron chi connectivity index (χ3n) is 2.89. The Morgan fingerprint density at radius 2 is 2.26 bits per heavy atom. The number of ether oxygens (including phenoxy) is 1. The molecule has 0 saturated carbocycles. The maximum absolute atomic E-state index is 14.4. The Kier molecular flexibility index (Phi) is 3.57. The van der Waals surface area contributed by atoms with Crippen LogP contribution in [0.25, 0.3) is 10.9 Å². The molecule has 0 aliphatic carbocycles. The van der Waals surface area contributed by atoms with Crippen molar-refractivity contribution in [2.45, 2.75) is 18.5 Å². The van der Waals surface area contributed by atoms with Crippen LogP contribution >= 0.6 is 39.3 Å².